The number of aromatic nitrogens is 2. The molecule has 1 aliphatic carbocycles. The molecule has 0 N–H and O–H groups in total. The maximum atomic E-state index is 5.47. The molecular weight excluding hydrogens is 534 g/mol. The van der Waals surface area contributed by atoms with Crippen LogP contribution in [0.5, 0.6) is 0 Å². The molecule has 3 heteroatoms. The second-order valence-electron chi connectivity index (χ2n) is 11.2. The first kappa shape index (κ1) is 24.6. The Balaban J connectivity index is 1.32. The Hall–Kier alpha value is -5.93. The van der Waals surface area contributed by atoms with E-state index < -0.39 is 0 Å². The molecule has 0 bridgehead atoms. The quantitative estimate of drug-likeness (QED) is 0.208. The summed E-state index contributed by atoms with van der Waals surface area (Å²) in [5.41, 5.74) is 10.2. The normalized spacial score (nSPS) is 11.6. The number of hydrogen-bond acceptors (Lipinski definition) is 2. The van der Waals surface area contributed by atoms with Crippen molar-refractivity contribution < 1.29 is 0 Å². The van der Waals surface area contributed by atoms with Gasteiger partial charge in [0.1, 0.15) is 5.82 Å². The average Bonchev–Trinajstić information content (AvgIpc) is 3.63. The number of para-hydroxylation sites is 3. The summed E-state index contributed by atoms with van der Waals surface area (Å²) in [5.74, 6) is 0.946. The van der Waals surface area contributed by atoms with Crippen molar-refractivity contribution in [2.24, 2.45) is 0 Å². The van der Waals surface area contributed by atoms with Crippen molar-refractivity contribution in [3.63, 3.8) is 0 Å². The summed E-state index contributed by atoms with van der Waals surface area (Å²) in [6, 6.07) is 58.2. The van der Waals surface area contributed by atoms with E-state index in [9.17, 15) is 0 Å². The topological polar surface area (TPSA) is 21.1 Å². The summed E-state index contributed by atoms with van der Waals surface area (Å²) < 4.78 is 2.36. The van der Waals surface area contributed by atoms with Crippen LogP contribution in [0, 0.1) is 0 Å². The van der Waals surface area contributed by atoms with E-state index in [-0.39, 0.29) is 0 Å². The first-order chi connectivity index (χ1) is 21.9. The lowest BCUT2D eigenvalue weighted by molar-refractivity contribution is 1.08. The van der Waals surface area contributed by atoms with Crippen molar-refractivity contribution in [2.75, 3.05) is 4.90 Å². The fourth-order valence-corrected chi connectivity index (χ4v) is 6.86. The molecule has 7 aromatic carbocycles. The highest BCUT2D eigenvalue weighted by Crippen LogP contribution is 2.50. The number of imidazole rings is 1. The molecule has 0 saturated heterocycles. The molecule has 1 aromatic heterocycles. The van der Waals surface area contributed by atoms with Crippen LogP contribution in [-0.4, -0.2) is 9.55 Å². The zero-order chi connectivity index (χ0) is 29.0. The lowest BCUT2D eigenvalue weighted by atomic mass is 10.00. The van der Waals surface area contributed by atoms with Crippen molar-refractivity contribution in [1.82, 2.24) is 9.55 Å². The van der Waals surface area contributed by atoms with Gasteiger partial charge in [-0.1, -0.05) is 115 Å². The van der Waals surface area contributed by atoms with Crippen LogP contribution in [0.3, 0.4) is 0 Å². The summed E-state index contributed by atoms with van der Waals surface area (Å²) in [6.45, 7) is 0. The van der Waals surface area contributed by atoms with Gasteiger partial charge in [0.05, 0.1) is 17.1 Å². The fraction of sp³-hybridized carbons (Fsp3) is 0. The smallest absolute Gasteiger partial charge is 0.146 e. The molecule has 0 amide bonds. The van der Waals surface area contributed by atoms with Crippen LogP contribution in [0.15, 0.2) is 164 Å². The third kappa shape index (κ3) is 3.66. The van der Waals surface area contributed by atoms with Gasteiger partial charge in [0.15, 0.2) is 0 Å². The predicted octanol–water partition coefficient (Wildman–Crippen LogP) is 11.0. The minimum atomic E-state index is 0.946. The van der Waals surface area contributed by atoms with Crippen LogP contribution >= 0.6 is 0 Å². The number of hydrogen-bond donors (Lipinski definition) is 0. The first-order valence-electron chi connectivity index (χ1n) is 15.0. The van der Waals surface area contributed by atoms with Crippen molar-refractivity contribution in [3.05, 3.63) is 164 Å². The Kier molecular flexibility index (Phi) is 5.50. The molecule has 8 aromatic rings. The molecule has 1 heterocycles. The van der Waals surface area contributed by atoms with Crippen LogP contribution in [0.1, 0.15) is 0 Å². The van der Waals surface area contributed by atoms with Gasteiger partial charge in [-0.15, -0.1) is 0 Å². The Bertz CT molecular complexity index is 2280. The Morgan fingerprint density at radius 1 is 0.455 bits per heavy atom. The zero-order valence-electron chi connectivity index (χ0n) is 23.9. The van der Waals surface area contributed by atoms with Crippen molar-refractivity contribution in [2.45, 2.75) is 0 Å². The first-order valence-corrected chi connectivity index (χ1v) is 15.0. The molecule has 9 rings (SSSR count). The zero-order valence-corrected chi connectivity index (χ0v) is 23.9. The summed E-state index contributed by atoms with van der Waals surface area (Å²) >= 11 is 0. The Morgan fingerprint density at radius 3 is 1.73 bits per heavy atom. The third-order valence-corrected chi connectivity index (χ3v) is 8.72. The molecule has 0 radical (unpaired) electrons. The molecule has 0 aliphatic heterocycles. The molecule has 0 fully saturated rings. The number of fused-ring (bicyclic) bond motifs is 4. The van der Waals surface area contributed by atoms with E-state index in [4.69, 9.17) is 4.98 Å². The van der Waals surface area contributed by atoms with Crippen LogP contribution in [0.2, 0.25) is 0 Å². The van der Waals surface area contributed by atoms with E-state index in [1.54, 1.807) is 0 Å². The van der Waals surface area contributed by atoms with Gasteiger partial charge in [-0.25, -0.2) is 4.98 Å². The van der Waals surface area contributed by atoms with Crippen molar-refractivity contribution in [1.29, 1.82) is 0 Å². The molecule has 206 valence electrons. The molecule has 3 nitrogen and oxygen atoms in total. The van der Waals surface area contributed by atoms with E-state index >= 15 is 0 Å². The number of anilines is 3. The maximum absolute atomic E-state index is 5.47. The van der Waals surface area contributed by atoms with E-state index in [0.717, 1.165) is 50.9 Å². The number of benzene rings is 7. The average molecular weight is 562 g/mol. The SMILES string of the molecule is c1ccc(N(c2ccccc2)c2ccc(-c3nc4c(n3-c3ccccc3)-c3cccc5cccc-4c35)c3ccccc23)cc1. The van der Waals surface area contributed by atoms with Crippen LogP contribution in [0.4, 0.5) is 17.1 Å². The minimum absolute atomic E-state index is 0.946. The highest BCUT2D eigenvalue weighted by molar-refractivity contribution is 6.15. The number of nitrogens with zero attached hydrogens (tertiary/aromatic N) is 3. The molecular formula is C41H27N3. The van der Waals surface area contributed by atoms with Gasteiger partial charge in [0.2, 0.25) is 0 Å². The van der Waals surface area contributed by atoms with Gasteiger partial charge in [0.25, 0.3) is 0 Å². The van der Waals surface area contributed by atoms with Gasteiger partial charge in [-0.2, -0.15) is 0 Å². The van der Waals surface area contributed by atoms with Crippen LogP contribution < -0.4 is 4.90 Å². The standard InChI is InChI=1S/C41H27N3/c1-4-16-29(17-5-1)43(30-18-6-2-7-19-30)37-27-26-34(32-22-10-11-23-33(32)37)41-42-39-35-24-12-14-28-15-13-25-36(38(28)35)40(39)44(41)31-20-8-3-9-21-31/h1-27H. The lowest BCUT2D eigenvalue weighted by Gasteiger charge is -2.27. The molecule has 1 aliphatic rings. The van der Waals surface area contributed by atoms with Crippen molar-refractivity contribution >= 4 is 38.6 Å². The van der Waals surface area contributed by atoms with Crippen molar-refractivity contribution in [3.8, 4) is 39.6 Å². The summed E-state index contributed by atoms with van der Waals surface area (Å²) in [4.78, 5) is 7.81. The lowest BCUT2D eigenvalue weighted by Crippen LogP contribution is -2.10. The largest absolute Gasteiger partial charge is 0.310 e. The second kappa shape index (κ2) is 9.82. The monoisotopic (exact) mass is 561 g/mol. The van der Waals surface area contributed by atoms with Crippen LogP contribution in [0.25, 0.3) is 61.1 Å². The van der Waals surface area contributed by atoms with Gasteiger partial charge in [-0.05, 0) is 59.3 Å². The fourth-order valence-electron chi connectivity index (χ4n) is 6.86. The van der Waals surface area contributed by atoms with Gasteiger partial charge >= 0.3 is 0 Å². The minimum Gasteiger partial charge on any atom is -0.310 e. The maximum Gasteiger partial charge on any atom is 0.146 e. The van der Waals surface area contributed by atoms with Crippen LogP contribution in [-0.2, 0) is 0 Å². The molecule has 0 spiro atoms. The van der Waals surface area contributed by atoms with Gasteiger partial charge in [0, 0.05) is 44.5 Å². The van der Waals surface area contributed by atoms with E-state index in [0.29, 0.717) is 0 Å². The molecule has 0 atom stereocenters. The third-order valence-electron chi connectivity index (χ3n) is 8.72. The summed E-state index contributed by atoms with van der Waals surface area (Å²) in [6.07, 6.45) is 0. The highest BCUT2D eigenvalue weighted by Gasteiger charge is 2.30. The Labute approximate surface area is 255 Å². The second-order valence-corrected chi connectivity index (χ2v) is 11.2. The van der Waals surface area contributed by atoms with E-state index in [2.05, 4.69) is 173 Å². The summed E-state index contributed by atoms with van der Waals surface area (Å²) in [7, 11) is 0. The summed E-state index contributed by atoms with van der Waals surface area (Å²) in [5, 5.41) is 4.86. The molecule has 0 unspecified atom stereocenters. The molecule has 44 heavy (non-hydrogen) atoms. The molecule has 0 saturated carbocycles. The van der Waals surface area contributed by atoms with Gasteiger partial charge < -0.3 is 4.90 Å². The van der Waals surface area contributed by atoms with E-state index in [1.807, 2.05) is 0 Å². The highest BCUT2D eigenvalue weighted by atomic mass is 15.1. The number of rotatable bonds is 5. The Morgan fingerprint density at radius 2 is 1.05 bits per heavy atom. The van der Waals surface area contributed by atoms with Gasteiger partial charge in [-0.3, -0.25) is 4.57 Å². The predicted molar refractivity (Wildman–Crippen MR) is 183 cm³/mol. The van der Waals surface area contributed by atoms with E-state index in [1.165, 1.54) is 27.3 Å².